The highest BCUT2D eigenvalue weighted by Gasteiger charge is 2.20. The van der Waals surface area contributed by atoms with Crippen LogP contribution >= 0.6 is 0 Å². The molecule has 0 aliphatic carbocycles. The monoisotopic (exact) mass is 440 g/mol. The average Bonchev–Trinajstić information content (AvgIpc) is 2.61. The second-order valence-corrected chi connectivity index (χ2v) is 8.29. The highest BCUT2D eigenvalue weighted by Crippen LogP contribution is 2.21. The van der Waals surface area contributed by atoms with Crippen LogP contribution in [0, 0.1) is 17.3 Å². The molecule has 2 heterocycles. The van der Waals surface area contributed by atoms with Crippen LogP contribution in [0.3, 0.4) is 0 Å². The minimum atomic E-state index is -1.30. The van der Waals surface area contributed by atoms with E-state index in [-0.39, 0.29) is 5.41 Å². The largest absolute Gasteiger partial charge is 0.481 e. The number of halogens is 2. The highest BCUT2D eigenvalue weighted by atomic mass is 19.1. The second-order valence-electron chi connectivity index (χ2n) is 8.29. The molecule has 31 heavy (non-hydrogen) atoms. The number of carboxylic acids is 3. The zero-order valence-corrected chi connectivity index (χ0v) is 18.1. The Labute approximate surface area is 178 Å². The van der Waals surface area contributed by atoms with Gasteiger partial charge in [-0.2, -0.15) is 8.78 Å². The van der Waals surface area contributed by atoms with Crippen molar-refractivity contribution in [1.29, 1.82) is 0 Å². The van der Waals surface area contributed by atoms with E-state index in [1.165, 1.54) is 24.4 Å². The summed E-state index contributed by atoms with van der Waals surface area (Å²) in [4.78, 5) is 37.4. The average molecular weight is 440 g/mol. The molecule has 0 fully saturated rings. The molecule has 0 aliphatic rings. The standard InChI is InChI=1S/C10H12FNO2.C6H4FNO2.C5H10O2/c1-10(2,3)7-5-4-6(9(13)14)8(11)12-7;7-5-4(6(9)10)2-1-3-8-5;1-5(2,3)4(6)7/h4-5H,1-3H3,(H,13,14);1-3H,(H,9,10);1-3H3,(H,6,7). The van der Waals surface area contributed by atoms with E-state index in [2.05, 4.69) is 9.97 Å². The molecule has 0 saturated carbocycles. The number of carbonyl (C=O) groups is 3. The van der Waals surface area contributed by atoms with Crippen molar-refractivity contribution in [1.82, 2.24) is 9.97 Å². The van der Waals surface area contributed by atoms with E-state index in [1.807, 2.05) is 20.8 Å². The quantitative estimate of drug-likeness (QED) is 0.589. The van der Waals surface area contributed by atoms with E-state index in [9.17, 15) is 23.2 Å². The maximum absolute atomic E-state index is 13.1. The molecular formula is C21H26F2N2O6. The number of nitrogens with zero attached hydrogens (tertiary/aromatic N) is 2. The van der Waals surface area contributed by atoms with Gasteiger partial charge in [-0.3, -0.25) is 4.79 Å². The number of pyridine rings is 2. The van der Waals surface area contributed by atoms with Crippen LogP contribution in [-0.4, -0.2) is 43.2 Å². The fourth-order valence-corrected chi connectivity index (χ4v) is 1.56. The predicted molar refractivity (Wildman–Crippen MR) is 108 cm³/mol. The molecule has 0 saturated heterocycles. The Kier molecular flexibility index (Phi) is 9.87. The first-order chi connectivity index (χ1) is 14.0. The number of carboxylic acid groups (broad SMARTS) is 3. The number of aromatic carboxylic acids is 2. The fraction of sp³-hybridized carbons (Fsp3) is 0.381. The van der Waals surface area contributed by atoms with Crippen molar-refractivity contribution in [3.8, 4) is 0 Å². The lowest BCUT2D eigenvalue weighted by molar-refractivity contribution is -0.145. The number of aromatic nitrogens is 2. The van der Waals surface area contributed by atoms with Gasteiger partial charge < -0.3 is 15.3 Å². The molecule has 0 atom stereocenters. The van der Waals surface area contributed by atoms with Crippen molar-refractivity contribution in [2.45, 2.75) is 47.0 Å². The Morgan fingerprint density at radius 3 is 1.55 bits per heavy atom. The molecule has 0 spiro atoms. The number of rotatable bonds is 2. The molecule has 3 N–H and O–H groups in total. The molecule has 0 bridgehead atoms. The van der Waals surface area contributed by atoms with E-state index >= 15 is 0 Å². The molecular weight excluding hydrogens is 414 g/mol. The van der Waals surface area contributed by atoms with Gasteiger partial charge in [0.15, 0.2) is 0 Å². The molecule has 0 radical (unpaired) electrons. The zero-order chi connectivity index (χ0) is 24.6. The Balaban J connectivity index is 0.000000465. The van der Waals surface area contributed by atoms with Crippen molar-refractivity contribution >= 4 is 17.9 Å². The topological polar surface area (TPSA) is 138 Å². The summed E-state index contributed by atoms with van der Waals surface area (Å²) in [5.41, 5.74) is -1.11. The van der Waals surface area contributed by atoms with Gasteiger partial charge in [-0.1, -0.05) is 20.8 Å². The van der Waals surface area contributed by atoms with Crippen LogP contribution in [0.2, 0.25) is 0 Å². The molecule has 2 rings (SSSR count). The summed E-state index contributed by atoms with van der Waals surface area (Å²) in [5, 5.41) is 25.1. The molecule has 2 aromatic rings. The van der Waals surface area contributed by atoms with Gasteiger partial charge in [-0.25, -0.2) is 19.6 Å². The first kappa shape index (κ1) is 27.6. The fourth-order valence-electron chi connectivity index (χ4n) is 1.56. The van der Waals surface area contributed by atoms with Crippen LogP contribution in [0.25, 0.3) is 0 Å². The number of hydrogen-bond donors (Lipinski definition) is 3. The molecule has 2 aromatic heterocycles. The Morgan fingerprint density at radius 2 is 1.26 bits per heavy atom. The van der Waals surface area contributed by atoms with E-state index in [0.717, 1.165) is 6.07 Å². The lowest BCUT2D eigenvalue weighted by Gasteiger charge is -2.17. The van der Waals surface area contributed by atoms with Crippen LogP contribution in [0.1, 0.15) is 68.0 Å². The second kappa shape index (κ2) is 11.1. The van der Waals surface area contributed by atoms with Gasteiger partial charge in [0, 0.05) is 17.3 Å². The summed E-state index contributed by atoms with van der Waals surface area (Å²) in [7, 11) is 0. The Bertz CT molecular complexity index is 934. The number of aliphatic carboxylic acids is 1. The lowest BCUT2D eigenvalue weighted by atomic mass is 9.91. The van der Waals surface area contributed by atoms with Gasteiger partial charge in [0.1, 0.15) is 11.1 Å². The Hall–Kier alpha value is -3.43. The SMILES string of the molecule is CC(C)(C)C(=O)O.CC(C)(C)c1ccc(C(=O)O)c(F)n1.O=C(O)c1cccnc1F. The highest BCUT2D eigenvalue weighted by molar-refractivity contribution is 5.87. The molecule has 0 aliphatic heterocycles. The maximum atomic E-state index is 13.1. The van der Waals surface area contributed by atoms with E-state index in [0.29, 0.717) is 5.69 Å². The van der Waals surface area contributed by atoms with Crippen LogP contribution in [0.5, 0.6) is 0 Å². The van der Waals surface area contributed by atoms with Crippen molar-refractivity contribution in [2.75, 3.05) is 0 Å². The summed E-state index contributed by atoms with van der Waals surface area (Å²) in [6.07, 6.45) is 1.20. The van der Waals surface area contributed by atoms with Gasteiger partial charge in [0.05, 0.1) is 5.41 Å². The molecule has 0 amide bonds. The van der Waals surface area contributed by atoms with E-state index in [4.69, 9.17) is 15.3 Å². The molecule has 8 nitrogen and oxygen atoms in total. The number of hydrogen-bond acceptors (Lipinski definition) is 5. The van der Waals surface area contributed by atoms with Gasteiger partial charge in [-0.15, -0.1) is 0 Å². The maximum Gasteiger partial charge on any atom is 0.340 e. The molecule has 10 heteroatoms. The zero-order valence-electron chi connectivity index (χ0n) is 18.1. The predicted octanol–water partition coefficient (Wildman–Crippen LogP) is 4.25. The van der Waals surface area contributed by atoms with Crippen molar-refractivity contribution in [3.63, 3.8) is 0 Å². The minimum Gasteiger partial charge on any atom is -0.481 e. The van der Waals surface area contributed by atoms with Gasteiger partial charge in [-0.05, 0) is 45.0 Å². The lowest BCUT2D eigenvalue weighted by Crippen LogP contribution is -2.18. The van der Waals surface area contributed by atoms with E-state index in [1.54, 1.807) is 20.8 Å². The normalized spacial score (nSPS) is 10.7. The molecule has 170 valence electrons. The third-order valence-electron chi connectivity index (χ3n) is 3.48. The van der Waals surface area contributed by atoms with Crippen LogP contribution < -0.4 is 0 Å². The van der Waals surface area contributed by atoms with Crippen molar-refractivity contribution in [3.05, 3.63) is 59.2 Å². The van der Waals surface area contributed by atoms with E-state index < -0.39 is 46.3 Å². The third kappa shape index (κ3) is 9.75. The first-order valence-corrected chi connectivity index (χ1v) is 8.96. The summed E-state index contributed by atoms with van der Waals surface area (Å²) >= 11 is 0. The van der Waals surface area contributed by atoms with Crippen molar-refractivity contribution in [2.24, 2.45) is 5.41 Å². The molecule has 0 unspecified atom stereocenters. The van der Waals surface area contributed by atoms with Crippen LogP contribution in [0.4, 0.5) is 8.78 Å². The first-order valence-electron chi connectivity index (χ1n) is 8.96. The van der Waals surface area contributed by atoms with Crippen LogP contribution in [0.15, 0.2) is 30.5 Å². The Morgan fingerprint density at radius 1 is 0.806 bits per heavy atom. The summed E-state index contributed by atoms with van der Waals surface area (Å²) in [5.74, 6) is -5.23. The summed E-state index contributed by atoms with van der Waals surface area (Å²) in [6, 6.07) is 5.30. The summed E-state index contributed by atoms with van der Waals surface area (Å²) < 4.78 is 25.5. The van der Waals surface area contributed by atoms with Gasteiger partial charge >= 0.3 is 17.9 Å². The van der Waals surface area contributed by atoms with Gasteiger partial charge in [0.2, 0.25) is 11.9 Å². The van der Waals surface area contributed by atoms with Gasteiger partial charge in [0.25, 0.3) is 0 Å². The van der Waals surface area contributed by atoms with Crippen molar-refractivity contribution < 1.29 is 38.5 Å². The smallest absolute Gasteiger partial charge is 0.340 e. The third-order valence-corrected chi connectivity index (χ3v) is 3.48. The van der Waals surface area contributed by atoms with Crippen LogP contribution in [-0.2, 0) is 10.2 Å². The molecule has 0 aromatic carbocycles. The summed E-state index contributed by atoms with van der Waals surface area (Å²) in [6.45, 7) is 10.6. The minimum absolute atomic E-state index is 0.280.